The highest BCUT2D eigenvalue weighted by Crippen LogP contribution is 2.48. The van der Waals surface area contributed by atoms with Crippen molar-refractivity contribution in [1.82, 2.24) is 5.32 Å². The van der Waals surface area contributed by atoms with Crippen LogP contribution in [0.4, 0.5) is 0 Å². The Morgan fingerprint density at radius 2 is 1.68 bits per heavy atom. The molecule has 4 heterocycles. The number of aliphatic hydroxyl groups is 4. The Morgan fingerprint density at radius 1 is 1.02 bits per heavy atom. The zero-order valence-corrected chi connectivity index (χ0v) is 35.8. The molecule has 0 radical (unpaired) electrons. The van der Waals surface area contributed by atoms with Gasteiger partial charge in [-0.15, -0.1) is 0 Å². The third-order valence-corrected chi connectivity index (χ3v) is 13.5. The molecule has 0 aromatic heterocycles. The lowest BCUT2D eigenvalue weighted by atomic mass is 9.76. The van der Waals surface area contributed by atoms with Gasteiger partial charge in [0.2, 0.25) is 0 Å². The van der Waals surface area contributed by atoms with Gasteiger partial charge in [0.25, 0.3) is 0 Å². The van der Waals surface area contributed by atoms with Crippen molar-refractivity contribution >= 4 is 17.6 Å². The van der Waals surface area contributed by atoms with E-state index < -0.39 is 102 Å². The van der Waals surface area contributed by atoms with Gasteiger partial charge in [-0.25, -0.2) is 0 Å². The van der Waals surface area contributed by atoms with Gasteiger partial charge in [-0.05, 0) is 84.4 Å². The third kappa shape index (κ3) is 9.45. The first-order chi connectivity index (χ1) is 26.1. The lowest BCUT2D eigenvalue weighted by Crippen LogP contribution is -2.60. The van der Waals surface area contributed by atoms with Gasteiger partial charge in [0, 0.05) is 43.0 Å². The number of carbonyl (C=O) groups is 1. The van der Waals surface area contributed by atoms with Gasteiger partial charge in [-0.1, -0.05) is 51.4 Å². The Morgan fingerprint density at radius 3 is 2.30 bits per heavy atom. The van der Waals surface area contributed by atoms with Crippen molar-refractivity contribution in [3.8, 4) is 0 Å². The van der Waals surface area contributed by atoms with Crippen molar-refractivity contribution in [2.75, 3.05) is 7.11 Å². The number of hydrogen-bond donors (Lipinski definition) is 5. The molecule has 2 bridgehead atoms. The maximum Gasteiger partial charge on any atom is 0.311 e. The van der Waals surface area contributed by atoms with Crippen molar-refractivity contribution < 1.29 is 58.4 Å². The molecule has 4 saturated heterocycles. The molecule has 5 N–H and O–H groups in total. The average molecular weight is 814 g/mol. The van der Waals surface area contributed by atoms with E-state index in [4.69, 9.17) is 44.8 Å². The number of aliphatic hydroxyl groups excluding tert-OH is 3. The highest BCUT2D eigenvalue weighted by atomic mass is 35.5. The minimum atomic E-state index is -1.81. The summed E-state index contributed by atoms with van der Waals surface area (Å²) in [6, 6.07) is 7.16. The van der Waals surface area contributed by atoms with Crippen LogP contribution >= 0.6 is 11.6 Å². The highest BCUT2D eigenvalue weighted by molar-refractivity contribution is 6.30. The van der Waals surface area contributed by atoms with Crippen molar-refractivity contribution in [3.05, 3.63) is 34.9 Å². The number of hydrogen-bond acceptors (Lipinski definition) is 13. The molecular weight excluding hydrogens is 746 g/mol. The number of halogens is 1. The summed E-state index contributed by atoms with van der Waals surface area (Å²) in [7, 11) is 1.53. The normalized spacial score (nSPS) is 45.4. The molecule has 1 aromatic carbocycles. The number of nitrogens with one attached hydrogen (secondary N) is 1. The molecule has 5 rings (SSSR count). The van der Waals surface area contributed by atoms with E-state index in [-0.39, 0.29) is 30.9 Å². The van der Waals surface area contributed by atoms with E-state index in [9.17, 15) is 25.2 Å². The first-order valence-corrected chi connectivity index (χ1v) is 20.8. The van der Waals surface area contributed by atoms with E-state index >= 15 is 0 Å². The van der Waals surface area contributed by atoms with Gasteiger partial charge in [0.05, 0.1) is 53.7 Å². The zero-order valence-electron chi connectivity index (χ0n) is 35.0. The van der Waals surface area contributed by atoms with Gasteiger partial charge >= 0.3 is 5.97 Å². The SMILES string of the molecule is CC[C@@H](O)[C@@](C)(O)[C@@H]1OC(=O)[C@H](C)[C@@H](O[C@H]2CC(C)(OC)[C@@H](O)C(C)O2)[C@H](C)[C@@H](O[C@@H]2OC(C)CC(NCc3ccc(Cl)cc3)C2O)C2(C)CC(C)C(O2)[C@@H]1C. The van der Waals surface area contributed by atoms with Crippen LogP contribution in [0.1, 0.15) is 100 Å². The Bertz CT molecular complexity index is 1450. The molecule has 13 nitrogen and oxygen atoms in total. The summed E-state index contributed by atoms with van der Waals surface area (Å²) < 4.78 is 45.4. The van der Waals surface area contributed by atoms with Gasteiger partial charge in [-0.3, -0.25) is 4.79 Å². The third-order valence-electron chi connectivity index (χ3n) is 13.2. The summed E-state index contributed by atoms with van der Waals surface area (Å²) in [6.07, 6.45) is -7.96. The van der Waals surface area contributed by atoms with Crippen LogP contribution in [0.5, 0.6) is 0 Å². The van der Waals surface area contributed by atoms with E-state index in [1.165, 1.54) is 14.0 Å². The quantitative estimate of drug-likeness (QED) is 0.198. The van der Waals surface area contributed by atoms with Crippen molar-refractivity contribution in [3.63, 3.8) is 0 Å². The van der Waals surface area contributed by atoms with Crippen LogP contribution in [-0.4, -0.2) is 124 Å². The van der Waals surface area contributed by atoms with Gasteiger partial charge < -0.3 is 58.9 Å². The molecule has 320 valence electrons. The van der Waals surface area contributed by atoms with Crippen LogP contribution in [0.3, 0.4) is 0 Å². The largest absolute Gasteiger partial charge is 0.459 e. The predicted octanol–water partition coefficient (Wildman–Crippen LogP) is 4.50. The number of esters is 1. The predicted molar refractivity (Wildman–Crippen MR) is 209 cm³/mol. The summed E-state index contributed by atoms with van der Waals surface area (Å²) in [5.74, 6) is -2.81. The summed E-state index contributed by atoms with van der Waals surface area (Å²) in [6.45, 7) is 18.8. The Kier molecular flexibility index (Phi) is 14.7. The number of carbonyl (C=O) groups excluding carboxylic acids is 1. The zero-order chi connectivity index (χ0) is 41.5. The lowest BCUT2D eigenvalue weighted by molar-refractivity contribution is -0.316. The second kappa shape index (κ2) is 18.0. The number of rotatable bonds is 11. The van der Waals surface area contributed by atoms with Crippen LogP contribution in [0.25, 0.3) is 0 Å². The minimum Gasteiger partial charge on any atom is -0.459 e. The standard InChI is InChI=1S/C42H68ClNO12/c1-12-30(45)42(10,49)37-23(4)33-21(2)18-41(9,56-33)36(55-39-32(46)29(17-22(3)51-39)44-20-27-13-15-28(43)16-14-27)24(5)34(25(6)38(48)54-37)53-31-19-40(8,50-11)35(47)26(7)52-31/h13-16,21-26,29-37,39,44-47,49H,12,17-20H2,1-11H3/t21?,22?,23-,24-,25+,26?,29?,30+,31-,32?,33?,34-,35-,36+,37+,39-,40?,41?,42+/m0/s1. The summed E-state index contributed by atoms with van der Waals surface area (Å²) in [5, 5.41) is 49.9. The van der Waals surface area contributed by atoms with Crippen molar-refractivity contribution in [2.45, 2.75) is 192 Å². The molecule has 0 aliphatic carbocycles. The Labute approximate surface area is 338 Å². The molecular formula is C42H68ClNO12. The molecule has 4 aliphatic heterocycles. The summed E-state index contributed by atoms with van der Waals surface area (Å²) in [5.41, 5.74) is -2.79. The number of fused-ring (bicyclic) bond motifs is 2. The first kappa shape index (κ1) is 45.6. The maximum atomic E-state index is 14.4. The van der Waals surface area contributed by atoms with Gasteiger partial charge in [-0.2, -0.15) is 0 Å². The monoisotopic (exact) mass is 813 g/mol. The van der Waals surface area contributed by atoms with Gasteiger partial charge in [0.1, 0.15) is 23.9 Å². The van der Waals surface area contributed by atoms with E-state index in [1.807, 2.05) is 52.0 Å². The fourth-order valence-corrected chi connectivity index (χ4v) is 9.89. The molecule has 1 aromatic rings. The molecule has 8 unspecified atom stereocenters. The molecule has 0 spiro atoms. The van der Waals surface area contributed by atoms with E-state index in [0.717, 1.165) is 5.56 Å². The molecule has 19 atom stereocenters. The average Bonchev–Trinajstić information content (AvgIpc) is 3.47. The smallest absolute Gasteiger partial charge is 0.311 e. The highest BCUT2D eigenvalue weighted by Gasteiger charge is 2.59. The van der Waals surface area contributed by atoms with Crippen LogP contribution in [0.2, 0.25) is 5.02 Å². The molecule has 56 heavy (non-hydrogen) atoms. The van der Waals surface area contributed by atoms with E-state index in [2.05, 4.69) is 12.2 Å². The fraction of sp³-hybridized carbons (Fsp3) is 0.833. The molecule has 14 heteroatoms. The minimum absolute atomic E-state index is 0.0865. The Balaban J connectivity index is 1.53. The maximum absolute atomic E-state index is 14.4. The first-order valence-electron chi connectivity index (χ1n) is 20.4. The van der Waals surface area contributed by atoms with Crippen LogP contribution in [-0.2, 0) is 44.5 Å². The van der Waals surface area contributed by atoms with Crippen molar-refractivity contribution in [2.24, 2.45) is 23.7 Å². The summed E-state index contributed by atoms with van der Waals surface area (Å²) >= 11 is 6.11. The lowest BCUT2D eigenvalue weighted by Gasteiger charge is -2.48. The fourth-order valence-electron chi connectivity index (χ4n) is 9.77. The number of benzene rings is 1. The Hall–Kier alpha value is -1.46. The van der Waals surface area contributed by atoms with Crippen LogP contribution in [0, 0.1) is 23.7 Å². The second-order valence-electron chi connectivity index (χ2n) is 17.8. The molecule has 4 aliphatic rings. The van der Waals surface area contributed by atoms with E-state index in [1.54, 1.807) is 27.7 Å². The number of methoxy groups -OCH3 is 1. The topological polar surface area (TPSA) is 175 Å². The molecule has 4 fully saturated rings. The number of ether oxygens (including phenoxy) is 7. The summed E-state index contributed by atoms with van der Waals surface area (Å²) in [4.78, 5) is 14.4. The van der Waals surface area contributed by atoms with E-state index in [0.29, 0.717) is 24.4 Å². The molecule has 0 amide bonds. The second-order valence-corrected chi connectivity index (χ2v) is 18.3. The van der Waals surface area contributed by atoms with Crippen LogP contribution < -0.4 is 5.32 Å². The van der Waals surface area contributed by atoms with Gasteiger partial charge in [0.15, 0.2) is 12.6 Å². The van der Waals surface area contributed by atoms with Crippen LogP contribution in [0.15, 0.2) is 24.3 Å². The number of cyclic esters (lactones) is 1. The molecule has 0 saturated carbocycles. The van der Waals surface area contributed by atoms with Crippen molar-refractivity contribution in [1.29, 1.82) is 0 Å².